The number of amides is 1. The molecule has 1 aromatic heterocycles. The minimum Gasteiger partial charge on any atom is -0.467 e. The molecule has 2 aromatic rings. The first-order valence-electron chi connectivity index (χ1n) is 8.18. The van der Waals surface area contributed by atoms with Crippen LogP contribution in [-0.2, 0) is 25.6 Å². The zero-order valence-corrected chi connectivity index (χ0v) is 14.8. The fourth-order valence-corrected chi connectivity index (χ4v) is 2.37. The van der Waals surface area contributed by atoms with E-state index in [1.54, 1.807) is 36.4 Å². The van der Waals surface area contributed by atoms with Gasteiger partial charge in [0.05, 0.1) is 12.8 Å². The summed E-state index contributed by atoms with van der Waals surface area (Å²) in [5, 5.41) is 5.54. The van der Waals surface area contributed by atoms with Gasteiger partial charge in [0, 0.05) is 31.3 Å². The molecule has 0 saturated carbocycles. The predicted octanol–water partition coefficient (Wildman–Crippen LogP) is 2.34. The van der Waals surface area contributed by atoms with Crippen LogP contribution in [0, 0.1) is 0 Å². The molecule has 140 valence electrons. The molecule has 0 aliphatic carbocycles. The smallest absolute Gasteiger partial charge is 0.350 e. The topological polar surface area (TPSA) is 107 Å². The number of esters is 2. The highest BCUT2D eigenvalue weighted by atomic mass is 16.7. The van der Waals surface area contributed by atoms with E-state index in [0.717, 1.165) is 0 Å². The highest BCUT2D eigenvalue weighted by molar-refractivity contribution is 6.15. The number of rotatable bonds is 5. The third kappa shape index (κ3) is 4.55. The maximum Gasteiger partial charge on any atom is 0.350 e. The number of anilines is 1. The average Bonchev–Trinajstić information content (AvgIpc) is 3.11. The van der Waals surface area contributed by atoms with Gasteiger partial charge in [-0.05, 0) is 30.3 Å². The number of carbonyl (C=O) groups is 3. The van der Waals surface area contributed by atoms with Gasteiger partial charge in [-0.25, -0.2) is 9.59 Å². The molecular weight excluding hydrogens is 352 g/mol. The third-order valence-corrected chi connectivity index (χ3v) is 3.63. The Hall–Kier alpha value is -3.55. The molecule has 0 radical (unpaired) electrons. The lowest BCUT2D eigenvalue weighted by Crippen LogP contribution is -2.42. The van der Waals surface area contributed by atoms with Crippen molar-refractivity contribution < 1.29 is 28.3 Å². The van der Waals surface area contributed by atoms with Crippen molar-refractivity contribution in [1.29, 1.82) is 0 Å². The molecule has 1 aromatic carbocycles. The summed E-state index contributed by atoms with van der Waals surface area (Å²) in [7, 11) is 0. The number of benzene rings is 1. The SMILES string of the molecule is CC1(C)OC(=O)C(=CNc2cccc(C(=O)NCc3ccco3)c2)C(=O)O1. The van der Waals surface area contributed by atoms with Crippen LogP contribution in [-0.4, -0.2) is 23.6 Å². The highest BCUT2D eigenvalue weighted by Gasteiger charge is 2.38. The number of ether oxygens (including phenoxy) is 2. The van der Waals surface area contributed by atoms with Crippen LogP contribution in [0.15, 0.2) is 58.9 Å². The Balaban J connectivity index is 1.66. The Kier molecular flexibility index (Phi) is 4.98. The molecule has 2 N–H and O–H groups in total. The van der Waals surface area contributed by atoms with Crippen molar-refractivity contribution in [3.63, 3.8) is 0 Å². The molecule has 1 fully saturated rings. The molecule has 2 heterocycles. The van der Waals surface area contributed by atoms with Crippen molar-refractivity contribution in [2.24, 2.45) is 0 Å². The van der Waals surface area contributed by atoms with E-state index >= 15 is 0 Å². The van der Waals surface area contributed by atoms with Crippen LogP contribution in [0.1, 0.15) is 30.0 Å². The van der Waals surface area contributed by atoms with Gasteiger partial charge in [-0.1, -0.05) is 6.07 Å². The van der Waals surface area contributed by atoms with Crippen LogP contribution in [0.2, 0.25) is 0 Å². The van der Waals surface area contributed by atoms with Gasteiger partial charge in [-0.3, -0.25) is 4.79 Å². The van der Waals surface area contributed by atoms with E-state index in [2.05, 4.69) is 10.6 Å². The number of nitrogens with one attached hydrogen (secondary N) is 2. The van der Waals surface area contributed by atoms with Crippen LogP contribution in [0.25, 0.3) is 0 Å². The Morgan fingerprint density at radius 1 is 1.11 bits per heavy atom. The first kappa shape index (κ1) is 18.2. The summed E-state index contributed by atoms with van der Waals surface area (Å²) in [6, 6.07) is 10.1. The Labute approximate surface area is 155 Å². The van der Waals surface area contributed by atoms with Crippen LogP contribution in [0.5, 0.6) is 0 Å². The van der Waals surface area contributed by atoms with Gasteiger partial charge in [0.1, 0.15) is 5.76 Å². The molecular formula is C19H18N2O6. The average molecular weight is 370 g/mol. The molecule has 8 heteroatoms. The van der Waals surface area contributed by atoms with E-state index in [4.69, 9.17) is 13.9 Å². The lowest BCUT2D eigenvalue weighted by Gasteiger charge is -2.29. The zero-order valence-electron chi connectivity index (χ0n) is 14.8. The summed E-state index contributed by atoms with van der Waals surface area (Å²) < 4.78 is 15.2. The first-order chi connectivity index (χ1) is 12.8. The van der Waals surface area contributed by atoms with E-state index in [1.807, 2.05) is 0 Å². The molecule has 1 amide bonds. The van der Waals surface area contributed by atoms with Crippen molar-refractivity contribution in [3.05, 3.63) is 65.8 Å². The maximum absolute atomic E-state index is 12.2. The summed E-state index contributed by atoms with van der Waals surface area (Å²) in [6.07, 6.45) is 2.72. The number of carbonyl (C=O) groups excluding carboxylic acids is 3. The standard InChI is InChI=1S/C19H18N2O6/c1-19(2)26-17(23)15(18(24)27-19)11-20-13-6-3-5-12(9-13)16(22)21-10-14-7-4-8-25-14/h3-9,11,20H,10H2,1-2H3,(H,21,22). The highest BCUT2D eigenvalue weighted by Crippen LogP contribution is 2.22. The fourth-order valence-electron chi connectivity index (χ4n) is 2.37. The van der Waals surface area contributed by atoms with E-state index in [-0.39, 0.29) is 18.0 Å². The molecule has 1 aliphatic heterocycles. The Bertz CT molecular complexity index is 877. The summed E-state index contributed by atoms with van der Waals surface area (Å²) >= 11 is 0. The Morgan fingerprint density at radius 3 is 2.52 bits per heavy atom. The normalized spacial score (nSPS) is 15.6. The summed E-state index contributed by atoms with van der Waals surface area (Å²) in [4.78, 5) is 36.0. The predicted molar refractivity (Wildman–Crippen MR) is 94.3 cm³/mol. The van der Waals surface area contributed by atoms with Crippen LogP contribution in [0.4, 0.5) is 5.69 Å². The van der Waals surface area contributed by atoms with Gasteiger partial charge < -0.3 is 24.5 Å². The molecule has 8 nitrogen and oxygen atoms in total. The number of furan rings is 1. The van der Waals surface area contributed by atoms with Crippen molar-refractivity contribution in [3.8, 4) is 0 Å². The van der Waals surface area contributed by atoms with Gasteiger partial charge in [-0.2, -0.15) is 0 Å². The molecule has 0 atom stereocenters. The minimum absolute atomic E-state index is 0.262. The van der Waals surface area contributed by atoms with Crippen molar-refractivity contribution in [1.82, 2.24) is 5.32 Å². The quantitative estimate of drug-likeness (QED) is 0.473. The number of cyclic esters (lactones) is 2. The van der Waals surface area contributed by atoms with Crippen LogP contribution < -0.4 is 10.6 Å². The molecule has 3 rings (SSSR count). The van der Waals surface area contributed by atoms with Gasteiger partial charge >= 0.3 is 11.9 Å². The molecule has 27 heavy (non-hydrogen) atoms. The Morgan fingerprint density at radius 2 is 1.85 bits per heavy atom. The molecule has 1 aliphatic rings. The lowest BCUT2D eigenvalue weighted by atomic mass is 10.2. The molecule has 0 bridgehead atoms. The second-order valence-corrected chi connectivity index (χ2v) is 6.22. The van der Waals surface area contributed by atoms with E-state index in [1.165, 1.54) is 26.3 Å². The number of hydrogen-bond acceptors (Lipinski definition) is 7. The van der Waals surface area contributed by atoms with Crippen molar-refractivity contribution in [2.75, 3.05) is 5.32 Å². The van der Waals surface area contributed by atoms with E-state index < -0.39 is 17.7 Å². The molecule has 0 spiro atoms. The van der Waals surface area contributed by atoms with Crippen molar-refractivity contribution in [2.45, 2.75) is 26.2 Å². The third-order valence-electron chi connectivity index (χ3n) is 3.63. The van der Waals surface area contributed by atoms with E-state index in [0.29, 0.717) is 17.0 Å². The van der Waals surface area contributed by atoms with Gasteiger partial charge in [-0.15, -0.1) is 0 Å². The monoisotopic (exact) mass is 370 g/mol. The second kappa shape index (κ2) is 7.36. The molecule has 0 unspecified atom stereocenters. The largest absolute Gasteiger partial charge is 0.467 e. The van der Waals surface area contributed by atoms with Gasteiger partial charge in [0.25, 0.3) is 11.7 Å². The zero-order chi connectivity index (χ0) is 19.4. The minimum atomic E-state index is -1.29. The second-order valence-electron chi connectivity index (χ2n) is 6.22. The first-order valence-corrected chi connectivity index (χ1v) is 8.18. The fraction of sp³-hybridized carbons (Fsp3) is 0.211. The van der Waals surface area contributed by atoms with Gasteiger partial charge in [0.15, 0.2) is 5.57 Å². The van der Waals surface area contributed by atoms with Crippen molar-refractivity contribution >= 4 is 23.5 Å². The maximum atomic E-state index is 12.2. The van der Waals surface area contributed by atoms with Gasteiger partial charge in [0.2, 0.25) is 0 Å². The van der Waals surface area contributed by atoms with Crippen LogP contribution >= 0.6 is 0 Å². The van der Waals surface area contributed by atoms with E-state index in [9.17, 15) is 14.4 Å². The summed E-state index contributed by atoms with van der Waals surface area (Å²) in [5.74, 6) is -2.51. The van der Waals surface area contributed by atoms with Crippen LogP contribution in [0.3, 0.4) is 0 Å². The molecule has 1 saturated heterocycles. The lowest BCUT2D eigenvalue weighted by molar-refractivity contribution is -0.222. The summed E-state index contributed by atoms with van der Waals surface area (Å²) in [5.41, 5.74) is 0.653. The number of hydrogen-bond donors (Lipinski definition) is 2. The summed E-state index contributed by atoms with van der Waals surface area (Å²) in [6.45, 7) is 3.21.